The minimum atomic E-state index is -3.68. The first-order chi connectivity index (χ1) is 15.1. The SMILES string of the molecule is O=S(=O)(NCCNc1ccc(Nc2cccnc2)nn1)c1ccc2c(c1)OCCCO2. The number of benzene rings is 1. The topological polar surface area (TPSA) is 127 Å². The Morgan fingerprint density at radius 2 is 1.74 bits per heavy atom. The molecule has 0 atom stereocenters. The van der Waals surface area contributed by atoms with E-state index in [0.717, 1.165) is 12.1 Å². The molecule has 0 fully saturated rings. The predicted molar refractivity (Wildman–Crippen MR) is 115 cm³/mol. The van der Waals surface area contributed by atoms with E-state index in [1.807, 2.05) is 12.1 Å². The second-order valence-corrected chi connectivity index (χ2v) is 8.42. The van der Waals surface area contributed by atoms with Crippen molar-refractivity contribution in [1.82, 2.24) is 19.9 Å². The molecule has 0 amide bonds. The first-order valence-corrected chi connectivity index (χ1v) is 11.2. The molecule has 1 aliphatic heterocycles. The molecular weight excluding hydrogens is 420 g/mol. The Kier molecular flexibility index (Phi) is 6.43. The average Bonchev–Trinajstić information content (AvgIpc) is 3.03. The maximum absolute atomic E-state index is 12.6. The third-order valence-corrected chi connectivity index (χ3v) is 5.81. The van der Waals surface area contributed by atoms with E-state index in [2.05, 4.69) is 30.5 Å². The number of sulfonamides is 1. The number of aromatic nitrogens is 3. The minimum absolute atomic E-state index is 0.127. The lowest BCUT2D eigenvalue weighted by molar-refractivity contribution is 0.297. The monoisotopic (exact) mass is 442 g/mol. The van der Waals surface area contributed by atoms with Gasteiger partial charge in [0.25, 0.3) is 0 Å². The van der Waals surface area contributed by atoms with Gasteiger partial charge < -0.3 is 20.1 Å². The van der Waals surface area contributed by atoms with Crippen LogP contribution in [0.5, 0.6) is 11.5 Å². The van der Waals surface area contributed by atoms with E-state index < -0.39 is 10.0 Å². The highest BCUT2D eigenvalue weighted by Gasteiger charge is 2.18. The summed E-state index contributed by atoms with van der Waals surface area (Å²) in [5.41, 5.74) is 0.807. The van der Waals surface area contributed by atoms with Crippen molar-refractivity contribution in [3.8, 4) is 11.5 Å². The largest absolute Gasteiger partial charge is 0.490 e. The van der Waals surface area contributed by atoms with Crippen LogP contribution in [0.25, 0.3) is 0 Å². The Morgan fingerprint density at radius 1 is 0.935 bits per heavy atom. The van der Waals surface area contributed by atoms with Crippen LogP contribution < -0.4 is 24.8 Å². The van der Waals surface area contributed by atoms with Gasteiger partial charge in [-0.25, -0.2) is 13.1 Å². The smallest absolute Gasteiger partial charge is 0.240 e. The van der Waals surface area contributed by atoms with Crippen LogP contribution in [0.4, 0.5) is 17.3 Å². The third kappa shape index (κ3) is 5.58. The van der Waals surface area contributed by atoms with E-state index >= 15 is 0 Å². The van der Waals surface area contributed by atoms with Crippen LogP contribution in [0.3, 0.4) is 0 Å². The van der Waals surface area contributed by atoms with Gasteiger partial charge in [0.2, 0.25) is 10.0 Å². The van der Waals surface area contributed by atoms with Gasteiger partial charge in [-0.2, -0.15) is 0 Å². The van der Waals surface area contributed by atoms with Crippen molar-refractivity contribution in [3.05, 3.63) is 54.9 Å². The van der Waals surface area contributed by atoms with Gasteiger partial charge in [-0.15, -0.1) is 10.2 Å². The van der Waals surface area contributed by atoms with Crippen LogP contribution >= 0.6 is 0 Å². The van der Waals surface area contributed by atoms with Gasteiger partial charge in [-0.1, -0.05) is 0 Å². The number of nitrogens with one attached hydrogen (secondary N) is 3. The molecule has 1 aromatic carbocycles. The molecule has 0 bridgehead atoms. The van der Waals surface area contributed by atoms with E-state index in [9.17, 15) is 8.42 Å². The summed E-state index contributed by atoms with van der Waals surface area (Å²) >= 11 is 0. The molecule has 3 N–H and O–H groups in total. The maximum atomic E-state index is 12.6. The molecule has 0 radical (unpaired) electrons. The van der Waals surface area contributed by atoms with Crippen molar-refractivity contribution in [3.63, 3.8) is 0 Å². The number of anilines is 3. The molecule has 0 saturated heterocycles. The highest BCUT2D eigenvalue weighted by molar-refractivity contribution is 7.89. The molecule has 2 aromatic heterocycles. The maximum Gasteiger partial charge on any atom is 0.240 e. The van der Waals surface area contributed by atoms with Gasteiger partial charge in [-0.05, 0) is 36.4 Å². The molecule has 0 unspecified atom stereocenters. The number of fused-ring (bicyclic) bond motifs is 1. The number of rotatable bonds is 8. The van der Waals surface area contributed by atoms with Crippen LogP contribution in [0, 0.1) is 0 Å². The molecule has 0 saturated carbocycles. The Bertz CT molecular complexity index is 1110. The van der Waals surface area contributed by atoms with E-state index in [-0.39, 0.29) is 11.4 Å². The van der Waals surface area contributed by atoms with Gasteiger partial charge in [0, 0.05) is 31.8 Å². The minimum Gasteiger partial charge on any atom is -0.490 e. The summed E-state index contributed by atoms with van der Waals surface area (Å²) < 4.78 is 38.8. The van der Waals surface area contributed by atoms with Gasteiger partial charge in [-0.3, -0.25) is 4.98 Å². The number of nitrogens with zero attached hydrogens (tertiary/aromatic N) is 3. The molecule has 3 aromatic rings. The third-order valence-electron chi connectivity index (χ3n) is 4.35. The summed E-state index contributed by atoms with van der Waals surface area (Å²) in [6.45, 7) is 1.56. The molecule has 10 nitrogen and oxygen atoms in total. The molecule has 4 rings (SSSR count). The van der Waals surface area contributed by atoms with Crippen molar-refractivity contribution >= 4 is 27.3 Å². The summed E-state index contributed by atoms with van der Waals surface area (Å²) in [7, 11) is -3.68. The Morgan fingerprint density at radius 3 is 2.52 bits per heavy atom. The molecule has 3 heterocycles. The Balaban J connectivity index is 1.27. The molecule has 11 heteroatoms. The standard InChI is InChI=1S/C20H22N6O4S/c27-31(28,16-4-5-17-18(13-16)30-12-2-11-29-17)23-10-9-22-19-6-7-20(26-25-19)24-15-3-1-8-21-14-15/h1,3-8,13-14,23H,2,9-12H2,(H,22,25)(H,24,26). The first-order valence-electron chi connectivity index (χ1n) is 9.74. The van der Waals surface area contributed by atoms with Crippen LogP contribution in [-0.2, 0) is 10.0 Å². The quantitative estimate of drug-likeness (QED) is 0.450. The lowest BCUT2D eigenvalue weighted by atomic mass is 10.3. The van der Waals surface area contributed by atoms with Gasteiger partial charge >= 0.3 is 0 Å². The lowest BCUT2D eigenvalue weighted by Gasteiger charge is -2.11. The summed E-state index contributed by atoms with van der Waals surface area (Å²) in [6.07, 6.45) is 4.13. The normalized spacial score (nSPS) is 13.3. The number of ether oxygens (including phenoxy) is 2. The number of pyridine rings is 1. The average molecular weight is 443 g/mol. The predicted octanol–water partition coefficient (Wildman–Crippen LogP) is 2.17. The van der Waals surface area contributed by atoms with Crippen LogP contribution in [0.2, 0.25) is 0 Å². The second-order valence-electron chi connectivity index (χ2n) is 6.65. The van der Waals surface area contributed by atoms with Crippen molar-refractivity contribution in [1.29, 1.82) is 0 Å². The van der Waals surface area contributed by atoms with Crippen LogP contribution in [0.1, 0.15) is 6.42 Å². The molecule has 1 aliphatic rings. The van der Waals surface area contributed by atoms with Gasteiger partial charge in [0.1, 0.15) is 5.82 Å². The zero-order valence-electron chi connectivity index (χ0n) is 16.6. The Labute approximate surface area is 180 Å². The summed E-state index contributed by atoms with van der Waals surface area (Å²) in [5, 5.41) is 14.3. The molecule has 0 spiro atoms. The van der Waals surface area contributed by atoms with Crippen molar-refractivity contribution in [2.24, 2.45) is 0 Å². The molecular formula is C20H22N6O4S. The summed E-state index contributed by atoms with van der Waals surface area (Å²) in [5.74, 6) is 2.10. The highest BCUT2D eigenvalue weighted by Crippen LogP contribution is 2.31. The zero-order valence-corrected chi connectivity index (χ0v) is 17.4. The fraction of sp³-hybridized carbons (Fsp3) is 0.250. The van der Waals surface area contributed by atoms with E-state index in [0.29, 0.717) is 42.9 Å². The summed E-state index contributed by atoms with van der Waals surface area (Å²) in [4.78, 5) is 4.15. The lowest BCUT2D eigenvalue weighted by Crippen LogP contribution is -2.29. The first kappa shape index (κ1) is 20.8. The molecule has 31 heavy (non-hydrogen) atoms. The number of hydrogen-bond donors (Lipinski definition) is 3. The van der Waals surface area contributed by atoms with E-state index in [1.165, 1.54) is 12.1 Å². The van der Waals surface area contributed by atoms with Crippen molar-refractivity contribution in [2.45, 2.75) is 11.3 Å². The fourth-order valence-electron chi connectivity index (χ4n) is 2.85. The molecule has 162 valence electrons. The van der Waals surface area contributed by atoms with Gasteiger partial charge in [0.05, 0.1) is 30.0 Å². The van der Waals surface area contributed by atoms with Crippen molar-refractivity contribution in [2.75, 3.05) is 36.9 Å². The second kappa shape index (κ2) is 9.58. The fourth-order valence-corrected chi connectivity index (χ4v) is 3.89. The zero-order chi connectivity index (χ0) is 21.5. The van der Waals surface area contributed by atoms with E-state index in [4.69, 9.17) is 9.47 Å². The van der Waals surface area contributed by atoms with Gasteiger partial charge in [0.15, 0.2) is 17.3 Å². The van der Waals surface area contributed by atoms with Crippen molar-refractivity contribution < 1.29 is 17.9 Å². The van der Waals surface area contributed by atoms with Crippen LogP contribution in [-0.4, -0.2) is 49.9 Å². The van der Waals surface area contributed by atoms with Crippen LogP contribution in [0.15, 0.2) is 59.8 Å². The number of hydrogen-bond acceptors (Lipinski definition) is 9. The molecule has 0 aliphatic carbocycles. The summed E-state index contributed by atoms with van der Waals surface area (Å²) in [6, 6.07) is 11.8. The Hall–Kier alpha value is -3.44. The van der Waals surface area contributed by atoms with E-state index in [1.54, 1.807) is 30.6 Å². The highest BCUT2D eigenvalue weighted by atomic mass is 32.2.